The number of hydrogen-bond acceptors (Lipinski definition) is 3. The summed E-state index contributed by atoms with van der Waals surface area (Å²) in [5, 5.41) is 15.7. The van der Waals surface area contributed by atoms with E-state index in [2.05, 4.69) is 16.8 Å². The second-order valence-electron chi connectivity index (χ2n) is 5.02. The van der Waals surface area contributed by atoms with Crippen molar-refractivity contribution in [2.45, 2.75) is 56.7 Å². The van der Waals surface area contributed by atoms with Crippen molar-refractivity contribution >= 4 is 11.3 Å². The van der Waals surface area contributed by atoms with Gasteiger partial charge in [-0.05, 0) is 55.5 Å². The van der Waals surface area contributed by atoms with Crippen molar-refractivity contribution in [1.82, 2.24) is 5.32 Å². The highest BCUT2D eigenvalue weighted by Crippen LogP contribution is 2.34. The van der Waals surface area contributed by atoms with E-state index < -0.39 is 0 Å². The van der Waals surface area contributed by atoms with Crippen LogP contribution in [0.1, 0.15) is 48.6 Å². The molecule has 1 fully saturated rings. The zero-order valence-electron chi connectivity index (χ0n) is 9.48. The molecule has 16 heavy (non-hydrogen) atoms. The van der Waals surface area contributed by atoms with E-state index in [1.54, 1.807) is 4.88 Å². The van der Waals surface area contributed by atoms with Gasteiger partial charge in [0.15, 0.2) is 0 Å². The van der Waals surface area contributed by atoms with Gasteiger partial charge in [-0.25, -0.2) is 0 Å². The molecule has 1 heterocycles. The number of nitrogens with one attached hydrogen (secondary N) is 1. The van der Waals surface area contributed by atoms with Crippen molar-refractivity contribution in [3.05, 3.63) is 21.9 Å². The summed E-state index contributed by atoms with van der Waals surface area (Å²) in [7, 11) is 0. The first-order valence-corrected chi connectivity index (χ1v) is 7.23. The van der Waals surface area contributed by atoms with Crippen LogP contribution in [0.4, 0.5) is 0 Å². The van der Waals surface area contributed by atoms with Crippen LogP contribution in [0.2, 0.25) is 0 Å². The quantitative estimate of drug-likeness (QED) is 0.829. The molecule has 1 unspecified atom stereocenters. The van der Waals surface area contributed by atoms with E-state index >= 15 is 0 Å². The molecule has 1 aromatic heterocycles. The molecule has 3 heteroatoms. The number of rotatable bonds is 2. The Hall–Kier alpha value is -0.380. The van der Waals surface area contributed by atoms with Crippen LogP contribution in [-0.4, -0.2) is 17.3 Å². The largest absolute Gasteiger partial charge is 0.392 e. The fourth-order valence-electron chi connectivity index (χ4n) is 3.05. The van der Waals surface area contributed by atoms with Crippen molar-refractivity contribution in [3.63, 3.8) is 0 Å². The second-order valence-corrected chi connectivity index (χ2v) is 6.02. The molecule has 1 aromatic rings. The van der Waals surface area contributed by atoms with Gasteiger partial charge in [0.05, 0.1) is 6.10 Å². The first kappa shape index (κ1) is 10.8. The topological polar surface area (TPSA) is 32.3 Å². The van der Waals surface area contributed by atoms with Crippen molar-refractivity contribution in [1.29, 1.82) is 0 Å². The molecule has 2 aliphatic carbocycles. The molecule has 0 aromatic carbocycles. The number of aliphatic hydroxyl groups is 1. The zero-order valence-corrected chi connectivity index (χ0v) is 10.3. The lowest BCUT2D eigenvalue weighted by molar-refractivity contribution is 0.141. The average Bonchev–Trinajstić information content (AvgIpc) is 2.89. The van der Waals surface area contributed by atoms with Crippen LogP contribution < -0.4 is 5.32 Å². The molecule has 3 atom stereocenters. The third kappa shape index (κ3) is 1.92. The fourth-order valence-corrected chi connectivity index (χ4v) is 4.04. The SMILES string of the molecule is O[C@@H]1CCC[C@H]1NC1CCCc2sccc21. The van der Waals surface area contributed by atoms with Crippen LogP contribution in [-0.2, 0) is 6.42 Å². The molecule has 2 N–H and O–H groups in total. The van der Waals surface area contributed by atoms with E-state index in [9.17, 15) is 5.11 Å². The molecule has 2 aliphatic rings. The standard InChI is InChI=1S/C13H19NOS/c15-12-5-1-4-11(12)14-10-3-2-6-13-9(10)7-8-16-13/h7-8,10-12,14-15H,1-6H2/t10?,11-,12-/m1/s1. The number of thiophene rings is 1. The highest BCUT2D eigenvalue weighted by molar-refractivity contribution is 7.10. The van der Waals surface area contributed by atoms with Crippen LogP contribution in [0, 0.1) is 0 Å². The van der Waals surface area contributed by atoms with Gasteiger partial charge in [-0.1, -0.05) is 0 Å². The van der Waals surface area contributed by atoms with Gasteiger partial charge in [-0.2, -0.15) is 0 Å². The summed E-state index contributed by atoms with van der Waals surface area (Å²) in [6, 6.07) is 3.08. The van der Waals surface area contributed by atoms with Crippen LogP contribution >= 0.6 is 11.3 Å². The summed E-state index contributed by atoms with van der Waals surface area (Å²) in [5.41, 5.74) is 1.50. The van der Waals surface area contributed by atoms with Crippen molar-refractivity contribution in [3.8, 4) is 0 Å². The van der Waals surface area contributed by atoms with E-state index in [-0.39, 0.29) is 6.10 Å². The van der Waals surface area contributed by atoms with Gasteiger partial charge in [0.25, 0.3) is 0 Å². The van der Waals surface area contributed by atoms with Gasteiger partial charge < -0.3 is 10.4 Å². The first-order chi connectivity index (χ1) is 7.84. The van der Waals surface area contributed by atoms with Gasteiger partial charge in [0.2, 0.25) is 0 Å². The minimum absolute atomic E-state index is 0.121. The number of aryl methyl sites for hydroxylation is 1. The van der Waals surface area contributed by atoms with Gasteiger partial charge >= 0.3 is 0 Å². The molecule has 0 radical (unpaired) electrons. The van der Waals surface area contributed by atoms with Crippen LogP contribution in [0.25, 0.3) is 0 Å². The Morgan fingerprint density at radius 3 is 3.00 bits per heavy atom. The van der Waals surface area contributed by atoms with Gasteiger partial charge in [-0.15, -0.1) is 11.3 Å². The number of hydrogen-bond donors (Lipinski definition) is 2. The zero-order chi connectivity index (χ0) is 11.0. The van der Waals surface area contributed by atoms with Crippen LogP contribution in [0.15, 0.2) is 11.4 Å². The predicted octanol–water partition coefficient (Wildman–Crippen LogP) is 2.63. The fraction of sp³-hybridized carbons (Fsp3) is 0.692. The summed E-state index contributed by atoms with van der Waals surface area (Å²) < 4.78 is 0. The van der Waals surface area contributed by atoms with E-state index in [1.807, 2.05) is 11.3 Å². The number of aliphatic hydroxyl groups excluding tert-OH is 1. The van der Waals surface area contributed by atoms with Gasteiger partial charge in [0.1, 0.15) is 0 Å². The van der Waals surface area contributed by atoms with Crippen molar-refractivity contribution in [2.75, 3.05) is 0 Å². The van der Waals surface area contributed by atoms with Crippen molar-refractivity contribution < 1.29 is 5.11 Å². The van der Waals surface area contributed by atoms with Crippen LogP contribution in [0.3, 0.4) is 0 Å². The highest BCUT2D eigenvalue weighted by atomic mass is 32.1. The third-order valence-corrected chi connectivity index (χ3v) is 4.94. The summed E-state index contributed by atoms with van der Waals surface area (Å²) in [4.78, 5) is 1.55. The Morgan fingerprint density at radius 2 is 2.19 bits per heavy atom. The molecule has 0 aliphatic heterocycles. The first-order valence-electron chi connectivity index (χ1n) is 6.35. The van der Waals surface area contributed by atoms with Crippen molar-refractivity contribution in [2.24, 2.45) is 0 Å². The maximum atomic E-state index is 9.86. The molecule has 0 bridgehead atoms. The summed E-state index contributed by atoms with van der Waals surface area (Å²) in [6.45, 7) is 0. The third-order valence-electron chi connectivity index (χ3n) is 3.95. The molecule has 0 amide bonds. The summed E-state index contributed by atoms with van der Waals surface area (Å²) in [6.07, 6.45) is 6.92. The van der Waals surface area contributed by atoms with E-state index in [0.29, 0.717) is 12.1 Å². The minimum atomic E-state index is -0.121. The molecule has 1 saturated carbocycles. The molecule has 0 spiro atoms. The molecular weight excluding hydrogens is 218 g/mol. The Kier molecular flexibility index (Phi) is 3.01. The van der Waals surface area contributed by atoms with Gasteiger partial charge in [0, 0.05) is 17.0 Å². The average molecular weight is 237 g/mol. The Balaban J connectivity index is 1.72. The predicted molar refractivity (Wildman–Crippen MR) is 66.8 cm³/mol. The maximum Gasteiger partial charge on any atom is 0.0693 e. The van der Waals surface area contributed by atoms with E-state index in [0.717, 1.165) is 12.8 Å². The van der Waals surface area contributed by atoms with E-state index in [4.69, 9.17) is 0 Å². The van der Waals surface area contributed by atoms with E-state index in [1.165, 1.54) is 31.2 Å². The Morgan fingerprint density at radius 1 is 1.25 bits per heavy atom. The Bertz CT molecular complexity index is 363. The highest BCUT2D eigenvalue weighted by Gasteiger charge is 2.29. The molecule has 88 valence electrons. The molecular formula is C13H19NOS. The maximum absolute atomic E-state index is 9.86. The lowest BCUT2D eigenvalue weighted by atomic mass is 9.93. The summed E-state index contributed by atoms with van der Waals surface area (Å²) in [5.74, 6) is 0. The monoisotopic (exact) mass is 237 g/mol. The summed E-state index contributed by atoms with van der Waals surface area (Å²) >= 11 is 1.89. The Labute approximate surface area is 101 Å². The molecule has 2 nitrogen and oxygen atoms in total. The van der Waals surface area contributed by atoms with Gasteiger partial charge in [-0.3, -0.25) is 0 Å². The molecule has 0 saturated heterocycles. The number of fused-ring (bicyclic) bond motifs is 1. The lowest BCUT2D eigenvalue weighted by Crippen LogP contribution is -2.39. The smallest absolute Gasteiger partial charge is 0.0693 e. The van der Waals surface area contributed by atoms with Crippen LogP contribution in [0.5, 0.6) is 0 Å². The normalized spacial score (nSPS) is 33.9. The lowest BCUT2D eigenvalue weighted by Gasteiger charge is -2.28. The second kappa shape index (κ2) is 4.47. The minimum Gasteiger partial charge on any atom is -0.392 e. The molecule has 3 rings (SSSR count).